The number of carbonyl (C=O) groups excluding carboxylic acids is 3. The lowest BCUT2D eigenvalue weighted by Gasteiger charge is -2.19. The van der Waals surface area contributed by atoms with Crippen LogP contribution in [0.5, 0.6) is 0 Å². The van der Waals surface area contributed by atoms with E-state index in [1.807, 2.05) is 44.2 Å². The molecule has 170 valence electrons. The molecule has 3 aromatic rings. The lowest BCUT2D eigenvalue weighted by atomic mass is 10.0. The van der Waals surface area contributed by atoms with E-state index in [0.29, 0.717) is 22.0 Å². The molecule has 7 heteroatoms. The highest BCUT2D eigenvalue weighted by atomic mass is 35.5. The number of hydrogen-bond acceptors (Lipinski definition) is 3. The summed E-state index contributed by atoms with van der Waals surface area (Å²) in [5.41, 5.74) is 2.40. The normalized spacial score (nSPS) is 11.5. The predicted octanol–water partition coefficient (Wildman–Crippen LogP) is 5.43. The Kier molecular flexibility index (Phi) is 8.22. The van der Waals surface area contributed by atoms with Gasteiger partial charge in [-0.3, -0.25) is 14.4 Å². The Morgan fingerprint density at radius 2 is 1.36 bits per heavy atom. The standard InChI is InChI=1S/C26H26ClN3O3/c1-17(2)25(32)29-20-14-12-19(13-15-20)28-24(31)16-23(18-8-4-3-5-9-18)30-26(33)21-10-6-7-11-22(21)27/h3-15,17,23H,16H2,1-2H3,(H,28,31)(H,29,32)(H,30,33)/t23-/m1/s1. The van der Waals surface area contributed by atoms with Crippen molar-refractivity contribution in [3.8, 4) is 0 Å². The molecule has 0 bridgehead atoms. The second-order valence-electron chi connectivity index (χ2n) is 7.89. The van der Waals surface area contributed by atoms with Gasteiger partial charge < -0.3 is 16.0 Å². The zero-order valence-corrected chi connectivity index (χ0v) is 19.2. The quantitative estimate of drug-likeness (QED) is 0.416. The summed E-state index contributed by atoms with van der Waals surface area (Å²) in [5.74, 6) is -0.818. The van der Waals surface area contributed by atoms with Crippen molar-refractivity contribution >= 4 is 40.7 Å². The molecule has 0 aromatic heterocycles. The predicted molar refractivity (Wildman–Crippen MR) is 131 cm³/mol. The van der Waals surface area contributed by atoms with Gasteiger partial charge in [-0.2, -0.15) is 0 Å². The first-order chi connectivity index (χ1) is 15.8. The van der Waals surface area contributed by atoms with Crippen LogP contribution in [0.1, 0.15) is 42.2 Å². The summed E-state index contributed by atoms with van der Waals surface area (Å²) in [7, 11) is 0. The van der Waals surface area contributed by atoms with Gasteiger partial charge in [0.1, 0.15) is 0 Å². The van der Waals surface area contributed by atoms with Crippen molar-refractivity contribution in [2.24, 2.45) is 5.92 Å². The second-order valence-corrected chi connectivity index (χ2v) is 8.30. The topological polar surface area (TPSA) is 87.3 Å². The molecule has 3 aromatic carbocycles. The third-order valence-corrected chi connectivity index (χ3v) is 5.31. The summed E-state index contributed by atoms with van der Waals surface area (Å²) >= 11 is 6.16. The number of amides is 3. The van der Waals surface area contributed by atoms with Gasteiger partial charge in [0, 0.05) is 17.3 Å². The minimum Gasteiger partial charge on any atom is -0.345 e. The average Bonchev–Trinajstić information content (AvgIpc) is 2.80. The maximum absolute atomic E-state index is 12.8. The highest BCUT2D eigenvalue weighted by molar-refractivity contribution is 6.33. The number of rotatable bonds is 8. The van der Waals surface area contributed by atoms with E-state index in [9.17, 15) is 14.4 Å². The molecule has 0 saturated carbocycles. The van der Waals surface area contributed by atoms with Crippen LogP contribution >= 0.6 is 11.6 Å². The largest absolute Gasteiger partial charge is 0.345 e. The number of hydrogen-bond donors (Lipinski definition) is 3. The molecule has 33 heavy (non-hydrogen) atoms. The number of nitrogens with one attached hydrogen (secondary N) is 3. The van der Waals surface area contributed by atoms with Gasteiger partial charge in [-0.15, -0.1) is 0 Å². The van der Waals surface area contributed by atoms with Gasteiger partial charge in [0.15, 0.2) is 0 Å². The van der Waals surface area contributed by atoms with Crippen LogP contribution < -0.4 is 16.0 Å². The maximum Gasteiger partial charge on any atom is 0.253 e. The number of anilines is 2. The Morgan fingerprint density at radius 1 is 0.788 bits per heavy atom. The first-order valence-corrected chi connectivity index (χ1v) is 11.0. The van der Waals surface area contributed by atoms with E-state index in [0.717, 1.165) is 5.56 Å². The van der Waals surface area contributed by atoms with Gasteiger partial charge in [0.05, 0.1) is 23.0 Å². The highest BCUT2D eigenvalue weighted by Crippen LogP contribution is 2.22. The van der Waals surface area contributed by atoms with Crippen molar-refractivity contribution in [3.05, 3.63) is 95.0 Å². The Labute approximate surface area is 198 Å². The van der Waals surface area contributed by atoms with Gasteiger partial charge in [-0.25, -0.2) is 0 Å². The van der Waals surface area contributed by atoms with E-state index in [1.165, 1.54) is 0 Å². The smallest absolute Gasteiger partial charge is 0.253 e. The summed E-state index contributed by atoms with van der Waals surface area (Å²) in [4.78, 5) is 37.4. The number of halogens is 1. The molecule has 3 amide bonds. The minimum atomic E-state index is -0.542. The van der Waals surface area contributed by atoms with E-state index in [2.05, 4.69) is 16.0 Å². The van der Waals surface area contributed by atoms with Crippen LogP contribution in [-0.2, 0) is 9.59 Å². The Balaban J connectivity index is 1.68. The van der Waals surface area contributed by atoms with E-state index in [4.69, 9.17) is 11.6 Å². The summed E-state index contributed by atoms with van der Waals surface area (Å²) < 4.78 is 0. The fourth-order valence-corrected chi connectivity index (χ4v) is 3.36. The lowest BCUT2D eigenvalue weighted by molar-refractivity contribution is -0.119. The van der Waals surface area contributed by atoms with E-state index in [-0.39, 0.29) is 30.1 Å². The fraction of sp³-hybridized carbons (Fsp3) is 0.192. The molecule has 0 fully saturated rings. The van der Waals surface area contributed by atoms with Crippen molar-refractivity contribution in [1.82, 2.24) is 5.32 Å². The number of carbonyl (C=O) groups is 3. The van der Waals surface area contributed by atoms with E-state index < -0.39 is 6.04 Å². The average molecular weight is 464 g/mol. The molecule has 3 N–H and O–H groups in total. The highest BCUT2D eigenvalue weighted by Gasteiger charge is 2.20. The third kappa shape index (κ3) is 6.92. The van der Waals surface area contributed by atoms with Crippen molar-refractivity contribution in [3.63, 3.8) is 0 Å². The van der Waals surface area contributed by atoms with Crippen LogP contribution in [0.25, 0.3) is 0 Å². The van der Waals surface area contributed by atoms with Gasteiger partial charge in [-0.1, -0.05) is 67.9 Å². The minimum absolute atomic E-state index is 0.0338. The maximum atomic E-state index is 12.8. The van der Waals surface area contributed by atoms with Gasteiger partial charge in [-0.05, 0) is 42.0 Å². The third-order valence-electron chi connectivity index (χ3n) is 4.98. The molecule has 0 unspecified atom stereocenters. The van der Waals surface area contributed by atoms with Crippen LogP contribution in [0.3, 0.4) is 0 Å². The fourth-order valence-electron chi connectivity index (χ4n) is 3.14. The zero-order valence-electron chi connectivity index (χ0n) is 18.5. The van der Waals surface area contributed by atoms with Crippen molar-refractivity contribution in [2.75, 3.05) is 10.6 Å². The first-order valence-electron chi connectivity index (χ1n) is 10.6. The lowest BCUT2D eigenvalue weighted by Crippen LogP contribution is -2.31. The molecule has 6 nitrogen and oxygen atoms in total. The SMILES string of the molecule is CC(C)C(=O)Nc1ccc(NC(=O)C[C@@H](NC(=O)c2ccccc2Cl)c2ccccc2)cc1. The molecular formula is C26H26ClN3O3. The van der Waals surface area contributed by atoms with Crippen LogP contribution in [0.4, 0.5) is 11.4 Å². The molecule has 0 aliphatic carbocycles. The summed E-state index contributed by atoms with van der Waals surface area (Å²) in [6.45, 7) is 3.63. The molecular weight excluding hydrogens is 438 g/mol. The molecule has 0 aliphatic rings. The molecule has 1 atom stereocenters. The second kappa shape index (κ2) is 11.3. The van der Waals surface area contributed by atoms with Gasteiger partial charge >= 0.3 is 0 Å². The van der Waals surface area contributed by atoms with Gasteiger partial charge in [0.25, 0.3) is 5.91 Å². The van der Waals surface area contributed by atoms with Crippen molar-refractivity contribution in [2.45, 2.75) is 26.3 Å². The molecule has 0 spiro atoms. The number of benzene rings is 3. The summed E-state index contributed by atoms with van der Waals surface area (Å²) in [6.07, 6.45) is 0.0338. The zero-order chi connectivity index (χ0) is 23.8. The molecule has 0 heterocycles. The Hall–Kier alpha value is -3.64. The van der Waals surface area contributed by atoms with Crippen LogP contribution in [-0.4, -0.2) is 17.7 Å². The van der Waals surface area contributed by atoms with Crippen LogP contribution in [0.2, 0.25) is 5.02 Å². The Bertz CT molecular complexity index is 1120. The van der Waals surface area contributed by atoms with Gasteiger partial charge in [0.2, 0.25) is 11.8 Å². The molecule has 0 aliphatic heterocycles. The van der Waals surface area contributed by atoms with Crippen molar-refractivity contribution < 1.29 is 14.4 Å². The first kappa shape index (κ1) is 24.0. The van der Waals surface area contributed by atoms with Crippen LogP contribution in [0.15, 0.2) is 78.9 Å². The Morgan fingerprint density at radius 3 is 1.97 bits per heavy atom. The molecule has 0 radical (unpaired) electrons. The van der Waals surface area contributed by atoms with E-state index >= 15 is 0 Å². The van der Waals surface area contributed by atoms with E-state index in [1.54, 1.807) is 48.5 Å². The summed E-state index contributed by atoms with van der Waals surface area (Å²) in [6, 6.07) is 22.4. The van der Waals surface area contributed by atoms with Crippen LogP contribution in [0, 0.1) is 5.92 Å². The molecule has 3 rings (SSSR count). The monoisotopic (exact) mass is 463 g/mol. The molecule has 0 saturated heterocycles. The van der Waals surface area contributed by atoms with Crippen molar-refractivity contribution in [1.29, 1.82) is 0 Å². The summed E-state index contributed by atoms with van der Waals surface area (Å²) in [5, 5.41) is 8.91.